The number of non-ortho nitro benzene ring substituents is 1. The third-order valence-electron chi connectivity index (χ3n) is 3.65. The number of halogens is 1. The number of esters is 1. The molecule has 136 valence electrons. The van der Waals surface area contributed by atoms with Crippen LogP contribution in [0.5, 0.6) is 0 Å². The number of hydrogen-bond acceptors (Lipinski definition) is 6. The zero-order chi connectivity index (χ0) is 19.4. The SMILES string of the molecule is O=C(COC(=O)c1ccc(-c2ccc([N+](=O)[O-])cc2)o1)c1cccc(F)c1. The maximum atomic E-state index is 13.1. The number of ether oxygens (including phenoxy) is 1. The van der Waals surface area contributed by atoms with Gasteiger partial charge in [-0.25, -0.2) is 9.18 Å². The minimum absolute atomic E-state index is 0.0687. The van der Waals surface area contributed by atoms with Crippen LogP contribution in [0.2, 0.25) is 0 Å². The van der Waals surface area contributed by atoms with E-state index in [1.54, 1.807) is 0 Å². The summed E-state index contributed by atoms with van der Waals surface area (Å²) in [6.45, 7) is -0.560. The summed E-state index contributed by atoms with van der Waals surface area (Å²) in [5.74, 6) is -1.78. The van der Waals surface area contributed by atoms with Gasteiger partial charge in [-0.05, 0) is 36.4 Å². The highest BCUT2D eigenvalue weighted by molar-refractivity contribution is 5.99. The Morgan fingerprint density at radius 1 is 1.07 bits per heavy atom. The average molecular weight is 369 g/mol. The Morgan fingerprint density at radius 3 is 2.48 bits per heavy atom. The first-order valence-corrected chi connectivity index (χ1v) is 7.74. The fourth-order valence-corrected chi connectivity index (χ4v) is 2.30. The van der Waals surface area contributed by atoms with Crippen molar-refractivity contribution in [3.8, 4) is 11.3 Å². The van der Waals surface area contributed by atoms with E-state index >= 15 is 0 Å². The van der Waals surface area contributed by atoms with E-state index in [-0.39, 0.29) is 17.0 Å². The highest BCUT2D eigenvalue weighted by Gasteiger charge is 2.17. The molecule has 0 aliphatic carbocycles. The minimum Gasteiger partial charge on any atom is -0.451 e. The van der Waals surface area contributed by atoms with Crippen molar-refractivity contribution in [2.24, 2.45) is 0 Å². The monoisotopic (exact) mass is 369 g/mol. The van der Waals surface area contributed by atoms with E-state index in [9.17, 15) is 24.1 Å². The standard InChI is InChI=1S/C19H12FNO6/c20-14-3-1-2-13(10-14)16(22)11-26-19(23)18-9-8-17(27-18)12-4-6-15(7-5-12)21(24)25/h1-10H,11H2. The van der Waals surface area contributed by atoms with Gasteiger partial charge in [0.1, 0.15) is 11.6 Å². The van der Waals surface area contributed by atoms with Gasteiger partial charge in [0.05, 0.1) is 4.92 Å². The van der Waals surface area contributed by atoms with Gasteiger partial charge in [0.15, 0.2) is 12.4 Å². The molecule has 7 nitrogen and oxygen atoms in total. The number of carbonyl (C=O) groups excluding carboxylic acids is 2. The molecule has 0 aliphatic heterocycles. The summed E-state index contributed by atoms with van der Waals surface area (Å²) in [4.78, 5) is 34.1. The van der Waals surface area contributed by atoms with Crippen LogP contribution in [0.3, 0.4) is 0 Å². The van der Waals surface area contributed by atoms with E-state index in [0.717, 1.165) is 6.07 Å². The van der Waals surface area contributed by atoms with E-state index in [4.69, 9.17) is 9.15 Å². The zero-order valence-corrected chi connectivity index (χ0v) is 13.8. The molecule has 0 unspecified atom stereocenters. The second-order valence-electron chi connectivity index (χ2n) is 5.48. The van der Waals surface area contributed by atoms with Crippen molar-refractivity contribution in [3.05, 3.63) is 87.9 Å². The van der Waals surface area contributed by atoms with E-state index in [1.165, 1.54) is 54.6 Å². The third kappa shape index (κ3) is 4.24. The van der Waals surface area contributed by atoms with Crippen LogP contribution < -0.4 is 0 Å². The lowest BCUT2D eigenvalue weighted by Crippen LogP contribution is -2.14. The number of Topliss-reactive ketones (excluding diaryl/α,β-unsaturated/α-hetero) is 1. The fraction of sp³-hybridized carbons (Fsp3) is 0.0526. The first-order valence-electron chi connectivity index (χ1n) is 7.74. The minimum atomic E-state index is -0.854. The Hall–Kier alpha value is -3.81. The molecule has 0 N–H and O–H groups in total. The number of nitro benzene ring substituents is 1. The summed E-state index contributed by atoms with van der Waals surface area (Å²) in [5.41, 5.74) is 0.560. The summed E-state index contributed by atoms with van der Waals surface area (Å²) in [6, 6.07) is 13.5. The number of carbonyl (C=O) groups is 2. The molecule has 0 spiro atoms. The Bertz CT molecular complexity index is 1010. The van der Waals surface area contributed by atoms with Crippen LogP contribution in [0, 0.1) is 15.9 Å². The van der Waals surface area contributed by atoms with Crippen molar-refractivity contribution in [3.63, 3.8) is 0 Å². The van der Waals surface area contributed by atoms with E-state index < -0.39 is 29.1 Å². The van der Waals surface area contributed by atoms with E-state index in [2.05, 4.69) is 0 Å². The van der Waals surface area contributed by atoms with Crippen molar-refractivity contribution in [2.45, 2.75) is 0 Å². The summed E-state index contributed by atoms with van der Waals surface area (Å²) in [5, 5.41) is 10.7. The molecule has 0 saturated heterocycles. The Morgan fingerprint density at radius 2 is 1.81 bits per heavy atom. The second kappa shape index (κ2) is 7.61. The van der Waals surface area contributed by atoms with Gasteiger partial charge in [0.2, 0.25) is 5.76 Å². The molecule has 0 fully saturated rings. The van der Waals surface area contributed by atoms with E-state index in [0.29, 0.717) is 11.3 Å². The summed E-state index contributed by atoms with van der Waals surface area (Å²) >= 11 is 0. The Balaban J connectivity index is 1.64. The molecule has 8 heteroatoms. The van der Waals surface area contributed by atoms with Crippen molar-refractivity contribution in [1.82, 2.24) is 0 Å². The number of ketones is 1. The molecule has 0 saturated carbocycles. The molecule has 0 atom stereocenters. The third-order valence-corrected chi connectivity index (χ3v) is 3.65. The molecule has 2 aromatic carbocycles. The normalized spacial score (nSPS) is 10.4. The highest BCUT2D eigenvalue weighted by atomic mass is 19.1. The molecule has 0 aliphatic rings. The maximum absolute atomic E-state index is 13.1. The van der Waals surface area contributed by atoms with Gasteiger partial charge < -0.3 is 9.15 Å². The van der Waals surface area contributed by atoms with Crippen molar-refractivity contribution in [2.75, 3.05) is 6.61 Å². The van der Waals surface area contributed by atoms with Gasteiger partial charge in [-0.15, -0.1) is 0 Å². The molecule has 1 heterocycles. The number of hydrogen-bond donors (Lipinski definition) is 0. The van der Waals surface area contributed by atoms with Gasteiger partial charge in [0, 0.05) is 23.3 Å². The number of nitro groups is 1. The largest absolute Gasteiger partial charge is 0.451 e. The first-order chi connectivity index (χ1) is 12.9. The predicted octanol–water partition coefficient (Wildman–Crippen LogP) is 4.03. The van der Waals surface area contributed by atoms with Gasteiger partial charge in [-0.3, -0.25) is 14.9 Å². The Labute approximate surface area is 152 Å². The number of furan rings is 1. The fourth-order valence-electron chi connectivity index (χ4n) is 2.30. The van der Waals surface area contributed by atoms with Crippen LogP contribution >= 0.6 is 0 Å². The number of rotatable bonds is 6. The Kier molecular flexibility index (Phi) is 5.07. The van der Waals surface area contributed by atoms with Gasteiger partial charge >= 0.3 is 5.97 Å². The molecule has 0 bridgehead atoms. The number of benzene rings is 2. The van der Waals surface area contributed by atoms with Crippen LogP contribution in [-0.2, 0) is 4.74 Å². The second-order valence-corrected chi connectivity index (χ2v) is 5.48. The first kappa shape index (κ1) is 18.0. The lowest BCUT2D eigenvalue weighted by Gasteiger charge is -2.03. The lowest BCUT2D eigenvalue weighted by molar-refractivity contribution is -0.384. The molecule has 3 aromatic rings. The molecular formula is C19H12FNO6. The molecular weight excluding hydrogens is 357 g/mol. The predicted molar refractivity (Wildman–Crippen MR) is 91.8 cm³/mol. The van der Waals surface area contributed by atoms with Gasteiger partial charge in [-0.1, -0.05) is 12.1 Å². The van der Waals surface area contributed by atoms with Gasteiger partial charge in [-0.2, -0.15) is 0 Å². The van der Waals surface area contributed by atoms with Crippen LogP contribution in [0.15, 0.2) is 65.1 Å². The molecule has 0 radical (unpaired) electrons. The lowest BCUT2D eigenvalue weighted by atomic mass is 10.1. The van der Waals surface area contributed by atoms with Crippen molar-refractivity contribution < 1.29 is 28.1 Å². The topological polar surface area (TPSA) is 99.7 Å². The molecule has 0 amide bonds. The van der Waals surface area contributed by atoms with Crippen molar-refractivity contribution in [1.29, 1.82) is 0 Å². The quantitative estimate of drug-likeness (QED) is 0.281. The summed E-state index contributed by atoms with van der Waals surface area (Å²) in [7, 11) is 0. The average Bonchev–Trinajstić information content (AvgIpc) is 3.16. The molecule has 3 rings (SSSR count). The summed E-state index contributed by atoms with van der Waals surface area (Å²) in [6.07, 6.45) is 0. The maximum Gasteiger partial charge on any atom is 0.374 e. The van der Waals surface area contributed by atoms with Crippen LogP contribution in [-0.4, -0.2) is 23.3 Å². The van der Waals surface area contributed by atoms with Crippen LogP contribution in [0.25, 0.3) is 11.3 Å². The summed E-state index contributed by atoms with van der Waals surface area (Å²) < 4.78 is 23.4. The van der Waals surface area contributed by atoms with Gasteiger partial charge in [0.25, 0.3) is 5.69 Å². The smallest absolute Gasteiger partial charge is 0.374 e. The number of nitrogens with zero attached hydrogens (tertiary/aromatic N) is 1. The molecule has 1 aromatic heterocycles. The zero-order valence-electron chi connectivity index (χ0n) is 13.8. The highest BCUT2D eigenvalue weighted by Crippen LogP contribution is 2.24. The van der Waals surface area contributed by atoms with Crippen LogP contribution in [0.1, 0.15) is 20.9 Å². The van der Waals surface area contributed by atoms with E-state index in [1.807, 2.05) is 0 Å². The van der Waals surface area contributed by atoms with Crippen molar-refractivity contribution >= 4 is 17.4 Å². The van der Waals surface area contributed by atoms with Crippen LogP contribution in [0.4, 0.5) is 10.1 Å². The molecule has 27 heavy (non-hydrogen) atoms.